The Morgan fingerprint density at radius 3 is 2.64 bits per heavy atom. The number of piperazine rings is 1. The Morgan fingerprint density at radius 2 is 1.87 bits per heavy atom. The highest BCUT2D eigenvalue weighted by molar-refractivity contribution is 6.33. The molecular weight excluding hydrogens is 510 g/mol. The maximum absolute atomic E-state index is 6.95. The number of aryl methyl sites for hydroxylation is 3. The highest BCUT2D eigenvalue weighted by atomic mass is 35.5. The second kappa shape index (κ2) is 9.20. The molecule has 1 atom stereocenters. The van der Waals surface area contributed by atoms with Crippen molar-refractivity contribution in [3.05, 3.63) is 45.4 Å². The molecule has 204 valence electrons. The van der Waals surface area contributed by atoms with Crippen LogP contribution in [0.15, 0.2) is 12.1 Å². The molecule has 0 bridgehead atoms. The Hall–Kier alpha value is -3.17. The van der Waals surface area contributed by atoms with Gasteiger partial charge in [-0.1, -0.05) is 17.7 Å². The fraction of sp³-hybridized carbons (Fsp3) is 0.517. The molecule has 7 rings (SSSR count). The van der Waals surface area contributed by atoms with Crippen molar-refractivity contribution in [2.24, 2.45) is 7.05 Å². The van der Waals surface area contributed by atoms with Crippen LogP contribution in [0, 0.1) is 13.8 Å². The third kappa shape index (κ3) is 4.09. The summed E-state index contributed by atoms with van der Waals surface area (Å²) < 4.78 is 1.97. The van der Waals surface area contributed by atoms with Crippen molar-refractivity contribution in [1.82, 2.24) is 34.8 Å². The van der Waals surface area contributed by atoms with Crippen molar-refractivity contribution >= 4 is 34.1 Å². The molecule has 3 aliphatic rings. The molecule has 1 saturated heterocycles. The largest absolute Gasteiger partial charge is 0.351 e. The number of anilines is 2. The molecule has 10 heteroatoms. The first-order chi connectivity index (χ1) is 18.8. The summed E-state index contributed by atoms with van der Waals surface area (Å²) in [5, 5.41) is 14.4. The van der Waals surface area contributed by atoms with Gasteiger partial charge in [-0.3, -0.25) is 9.78 Å². The number of hydrogen-bond acceptors (Lipinski definition) is 7. The summed E-state index contributed by atoms with van der Waals surface area (Å²) in [6, 6.07) is 4.55. The van der Waals surface area contributed by atoms with E-state index in [4.69, 9.17) is 26.7 Å². The van der Waals surface area contributed by atoms with E-state index in [2.05, 4.69) is 64.8 Å². The highest BCUT2D eigenvalue weighted by Gasteiger charge is 2.35. The predicted octanol–water partition coefficient (Wildman–Crippen LogP) is 4.60. The summed E-state index contributed by atoms with van der Waals surface area (Å²) in [5.41, 5.74) is 7.64. The summed E-state index contributed by atoms with van der Waals surface area (Å²) in [6.45, 7) is 11.0. The topological polar surface area (TPSA) is 82.0 Å². The number of benzene rings is 1. The lowest BCUT2D eigenvalue weighted by molar-refractivity contribution is 0.274. The Morgan fingerprint density at radius 1 is 1.05 bits per heavy atom. The van der Waals surface area contributed by atoms with Crippen molar-refractivity contribution in [3.8, 4) is 11.4 Å². The molecule has 1 saturated carbocycles. The van der Waals surface area contributed by atoms with E-state index in [-0.39, 0.29) is 0 Å². The fourth-order valence-electron chi connectivity index (χ4n) is 6.51. The summed E-state index contributed by atoms with van der Waals surface area (Å²) in [4.78, 5) is 17.9. The van der Waals surface area contributed by atoms with E-state index in [1.165, 1.54) is 18.4 Å². The van der Waals surface area contributed by atoms with E-state index < -0.39 is 0 Å². The summed E-state index contributed by atoms with van der Waals surface area (Å²) in [7, 11) is 4.21. The molecule has 0 unspecified atom stereocenters. The van der Waals surface area contributed by atoms with Gasteiger partial charge in [0.05, 0.1) is 16.9 Å². The molecule has 1 aromatic carbocycles. The van der Waals surface area contributed by atoms with Gasteiger partial charge in [-0.15, -0.1) is 0 Å². The first kappa shape index (κ1) is 24.8. The predicted molar refractivity (Wildman–Crippen MR) is 156 cm³/mol. The molecule has 39 heavy (non-hydrogen) atoms. The molecule has 4 aromatic rings. The number of hydrogen-bond donors (Lipinski definition) is 1. The van der Waals surface area contributed by atoms with Crippen LogP contribution < -0.4 is 9.80 Å². The van der Waals surface area contributed by atoms with Crippen LogP contribution in [0.2, 0.25) is 5.02 Å². The Bertz CT molecular complexity index is 1580. The monoisotopic (exact) mass is 545 g/mol. The lowest BCUT2D eigenvalue weighted by Crippen LogP contribution is -2.51. The number of nitrogens with zero attached hydrogens (tertiary/aromatic N) is 8. The normalized spacial score (nSPS) is 20.2. The lowest BCUT2D eigenvalue weighted by Gasteiger charge is -2.41. The quantitative estimate of drug-likeness (QED) is 0.401. The minimum atomic E-state index is 0.347. The molecule has 2 aliphatic heterocycles. The maximum atomic E-state index is 6.95. The Balaban J connectivity index is 1.37. The third-order valence-electron chi connectivity index (χ3n) is 8.72. The van der Waals surface area contributed by atoms with E-state index in [9.17, 15) is 0 Å². The second-order valence-electron chi connectivity index (χ2n) is 11.7. The van der Waals surface area contributed by atoms with E-state index in [1.807, 2.05) is 11.7 Å². The van der Waals surface area contributed by atoms with Crippen LogP contribution in [0.5, 0.6) is 0 Å². The van der Waals surface area contributed by atoms with Crippen LogP contribution in [0.3, 0.4) is 0 Å². The average molecular weight is 546 g/mol. The molecule has 1 N–H and O–H groups in total. The van der Waals surface area contributed by atoms with Gasteiger partial charge >= 0.3 is 0 Å². The minimum Gasteiger partial charge on any atom is -0.351 e. The summed E-state index contributed by atoms with van der Waals surface area (Å²) >= 11 is 6.95. The van der Waals surface area contributed by atoms with Gasteiger partial charge in [-0.25, -0.2) is 9.97 Å². The number of aromatic amines is 1. The molecule has 0 amide bonds. The van der Waals surface area contributed by atoms with Gasteiger partial charge in [0.15, 0.2) is 5.82 Å². The number of fused-ring (bicyclic) bond motifs is 2. The molecule has 0 radical (unpaired) electrons. The molecular formula is C29H36ClN9. The molecule has 3 aromatic heterocycles. The second-order valence-corrected chi connectivity index (χ2v) is 12.1. The summed E-state index contributed by atoms with van der Waals surface area (Å²) in [6.07, 6.45) is 3.20. The Kier molecular flexibility index (Phi) is 5.86. The first-order valence-electron chi connectivity index (χ1n) is 14.1. The molecule has 9 nitrogen and oxygen atoms in total. The number of rotatable bonds is 4. The summed E-state index contributed by atoms with van der Waals surface area (Å²) in [5.74, 6) is 3.38. The number of nitrogens with one attached hydrogen (secondary N) is 1. The van der Waals surface area contributed by atoms with E-state index >= 15 is 0 Å². The zero-order valence-electron chi connectivity index (χ0n) is 23.4. The molecule has 5 heterocycles. The minimum absolute atomic E-state index is 0.347. The number of aromatic nitrogens is 6. The van der Waals surface area contributed by atoms with E-state index in [1.54, 1.807) is 0 Å². The van der Waals surface area contributed by atoms with Gasteiger partial charge in [0.25, 0.3) is 0 Å². The number of H-pyrrole nitrogens is 1. The molecule has 1 aliphatic carbocycles. The van der Waals surface area contributed by atoms with Gasteiger partial charge in [0.1, 0.15) is 16.7 Å². The Labute approximate surface area is 234 Å². The van der Waals surface area contributed by atoms with Crippen molar-refractivity contribution in [2.75, 3.05) is 43.0 Å². The van der Waals surface area contributed by atoms with Crippen molar-refractivity contribution in [1.29, 1.82) is 0 Å². The van der Waals surface area contributed by atoms with Gasteiger partial charge in [-0.05, 0) is 52.3 Å². The first-order valence-corrected chi connectivity index (χ1v) is 14.4. The number of halogens is 1. The third-order valence-corrected chi connectivity index (χ3v) is 9.09. The van der Waals surface area contributed by atoms with Gasteiger partial charge in [0, 0.05) is 80.4 Å². The van der Waals surface area contributed by atoms with E-state index in [0.717, 1.165) is 101 Å². The highest BCUT2D eigenvalue weighted by Crippen LogP contribution is 2.46. The van der Waals surface area contributed by atoms with Crippen LogP contribution in [0.25, 0.3) is 22.3 Å². The van der Waals surface area contributed by atoms with Crippen LogP contribution in [-0.2, 0) is 20.0 Å². The number of likely N-dealkylation sites (N-methyl/N-ethyl adjacent to an activating group) is 1. The van der Waals surface area contributed by atoms with Crippen LogP contribution in [0.4, 0.5) is 11.6 Å². The smallest absolute Gasteiger partial charge is 0.162 e. The maximum Gasteiger partial charge on any atom is 0.162 e. The van der Waals surface area contributed by atoms with Crippen molar-refractivity contribution < 1.29 is 0 Å². The lowest BCUT2D eigenvalue weighted by atomic mass is 9.99. The molecule has 2 fully saturated rings. The van der Waals surface area contributed by atoms with Crippen LogP contribution >= 0.6 is 11.6 Å². The van der Waals surface area contributed by atoms with Gasteiger partial charge in [-0.2, -0.15) is 10.2 Å². The van der Waals surface area contributed by atoms with Crippen molar-refractivity contribution in [3.63, 3.8) is 0 Å². The van der Waals surface area contributed by atoms with E-state index in [0.29, 0.717) is 12.0 Å². The van der Waals surface area contributed by atoms with Crippen molar-refractivity contribution in [2.45, 2.75) is 58.5 Å². The molecule has 0 spiro atoms. The zero-order chi connectivity index (χ0) is 27.0. The zero-order valence-corrected chi connectivity index (χ0v) is 24.2. The standard InChI is InChI=1S/C29H36ClN9/c1-16-6-9-22-24(18(3)33-34-22)23(16)27-31-21-10-11-38(29-25(30)26(19-7-8-19)35-37(29)5)15-20(21)28(32-27)39-13-12-36(4)14-17(39)2/h6,9,17,19H,7-8,10-15H2,1-5H3,(H,33,34)/t17-/m1/s1. The van der Waals surface area contributed by atoms with Gasteiger partial charge < -0.3 is 14.7 Å². The average Bonchev–Trinajstić information content (AvgIpc) is 3.62. The fourth-order valence-corrected chi connectivity index (χ4v) is 6.94. The van der Waals surface area contributed by atoms with Gasteiger partial charge in [0.2, 0.25) is 0 Å². The van der Waals surface area contributed by atoms with Crippen LogP contribution in [0.1, 0.15) is 53.9 Å². The SMILES string of the molecule is Cc1ccc2n[nH]c(C)c2c1-c1nc2c(c(N3CCN(C)C[C@H]3C)n1)CN(c1c(Cl)c(C3CC3)nn1C)CC2. The van der Waals surface area contributed by atoms with Crippen LogP contribution in [-0.4, -0.2) is 74.1 Å².